The van der Waals surface area contributed by atoms with Crippen molar-refractivity contribution in [2.45, 2.75) is 35.8 Å². The fourth-order valence-corrected chi connectivity index (χ4v) is 4.42. The second-order valence-electron chi connectivity index (χ2n) is 10.0. The lowest BCUT2D eigenvalue weighted by atomic mass is 9.26. The Hall–Kier alpha value is -2.94. The molecule has 0 bridgehead atoms. The number of hydrogen-bond donors (Lipinski definition) is 2. The van der Waals surface area contributed by atoms with Crippen LogP contribution in [0.3, 0.4) is 0 Å². The highest BCUT2D eigenvalue weighted by molar-refractivity contribution is 6.67. The third kappa shape index (κ3) is 5.66. The highest BCUT2D eigenvalue weighted by Gasteiger charge is 2.32. The van der Waals surface area contributed by atoms with Gasteiger partial charge < -0.3 is 15.2 Å². The number of fused-ring (bicyclic) bond motifs is 1. The summed E-state index contributed by atoms with van der Waals surface area (Å²) in [5, 5.41) is -1.73. The molecular weight excluding hydrogens is 458 g/mol. The number of nitrogens with one attached hydrogen (secondary N) is 2. The molecule has 5 rings (SSSR count). The van der Waals surface area contributed by atoms with E-state index in [2.05, 4.69) is 30.1 Å². The predicted octanol–water partition coefficient (Wildman–Crippen LogP) is -0.182. The lowest BCUT2D eigenvalue weighted by molar-refractivity contribution is 0.0937. The highest BCUT2D eigenvalue weighted by Crippen LogP contribution is 2.38. The van der Waals surface area contributed by atoms with E-state index >= 15 is 0 Å². The molecule has 4 heterocycles. The average molecular weight is 482 g/mol. The second kappa shape index (κ2) is 9.74. The van der Waals surface area contributed by atoms with Crippen LogP contribution in [0.15, 0.2) is 41.5 Å². The van der Waals surface area contributed by atoms with Crippen molar-refractivity contribution < 1.29 is 4.79 Å². The standard InChI is InChI=1S/C24H23B5N6O2/c25-23(26,27)24(28,29)33-22(37)18-4-3-16(12-31-18)35-7-5-34(6-8-35)13-14-9-20-19(30-11-14)10-17(15-1-2-15)21(36)32-20/h3-4,9-12,15H,1-2,5-8,13H2,(H,32,36)(H,33,37). The van der Waals surface area contributed by atoms with Crippen LogP contribution in [0.2, 0.25) is 5.11 Å². The predicted molar refractivity (Wildman–Crippen MR) is 148 cm³/mol. The van der Waals surface area contributed by atoms with Crippen LogP contribution in [0.4, 0.5) is 5.69 Å². The van der Waals surface area contributed by atoms with Crippen molar-refractivity contribution in [3.05, 3.63) is 63.8 Å². The van der Waals surface area contributed by atoms with Crippen LogP contribution < -0.4 is 15.8 Å². The summed E-state index contributed by atoms with van der Waals surface area (Å²) < 4.78 is 0. The molecule has 3 aromatic rings. The largest absolute Gasteiger partial charge is 0.368 e. The molecule has 2 aliphatic rings. The molecule has 1 amide bonds. The minimum absolute atomic E-state index is 0.00342. The molecule has 0 spiro atoms. The number of aromatic nitrogens is 3. The third-order valence-corrected chi connectivity index (χ3v) is 6.96. The van der Waals surface area contributed by atoms with E-state index in [0.717, 1.165) is 73.4 Å². The van der Waals surface area contributed by atoms with E-state index in [4.69, 9.17) is 39.2 Å². The van der Waals surface area contributed by atoms with E-state index in [-0.39, 0.29) is 11.3 Å². The zero-order chi connectivity index (χ0) is 26.4. The Morgan fingerprint density at radius 3 is 2.38 bits per heavy atom. The third-order valence-electron chi connectivity index (χ3n) is 6.96. The van der Waals surface area contributed by atoms with Crippen molar-refractivity contribution in [1.82, 2.24) is 25.2 Å². The monoisotopic (exact) mass is 482 g/mol. The summed E-state index contributed by atoms with van der Waals surface area (Å²) in [5.74, 6) is -0.249. The van der Waals surface area contributed by atoms with Gasteiger partial charge in [0.05, 0.1) is 62.1 Å². The van der Waals surface area contributed by atoms with Crippen molar-refractivity contribution in [2.75, 3.05) is 31.1 Å². The molecule has 0 unspecified atom stereocenters. The molecule has 8 nitrogen and oxygen atoms in total. The highest BCUT2D eigenvalue weighted by atomic mass is 16.2. The number of H-pyrrole nitrogens is 1. The molecule has 0 aromatic carbocycles. The fraction of sp³-hybridized carbons (Fsp3) is 0.417. The van der Waals surface area contributed by atoms with E-state index in [1.54, 1.807) is 12.3 Å². The number of piperazine rings is 1. The molecule has 1 aliphatic heterocycles. The molecule has 2 fully saturated rings. The van der Waals surface area contributed by atoms with Gasteiger partial charge in [-0.05, 0) is 48.6 Å². The first-order valence-corrected chi connectivity index (χ1v) is 12.2. The van der Waals surface area contributed by atoms with Gasteiger partial charge in [0.2, 0.25) is 0 Å². The molecule has 37 heavy (non-hydrogen) atoms. The minimum Gasteiger partial charge on any atom is -0.368 e. The van der Waals surface area contributed by atoms with Crippen LogP contribution >= 0.6 is 0 Å². The van der Waals surface area contributed by atoms with Gasteiger partial charge in [-0.3, -0.25) is 19.5 Å². The number of pyridine rings is 3. The van der Waals surface area contributed by atoms with Gasteiger partial charge in [0.25, 0.3) is 11.5 Å². The first-order chi connectivity index (χ1) is 17.5. The van der Waals surface area contributed by atoms with Gasteiger partial charge in [-0.1, -0.05) is 5.34 Å². The first kappa shape index (κ1) is 25.7. The second-order valence-corrected chi connectivity index (χ2v) is 10.0. The van der Waals surface area contributed by atoms with Crippen molar-refractivity contribution >= 4 is 61.9 Å². The normalized spacial score (nSPS) is 17.1. The van der Waals surface area contributed by atoms with E-state index in [0.29, 0.717) is 5.92 Å². The van der Waals surface area contributed by atoms with Crippen molar-refractivity contribution in [1.29, 1.82) is 0 Å². The molecule has 10 radical (unpaired) electrons. The summed E-state index contributed by atoms with van der Waals surface area (Å²) >= 11 is 0. The van der Waals surface area contributed by atoms with Crippen molar-refractivity contribution in [3.8, 4) is 0 Å². The first-order valence-electron chi connectivity index (χ1n) is 12.2. The Kier molecular flexibility index (Phi) is 6.77. The summed E-state index contributed by atoms with van der Waals surface area (Å²) in [6, 6.07) is 7.34. The van der Waals surface area contributed by atoms with Crippen molar-refractivity contribution in [3.63, 3.8) is 0 Å². The molecule has 13 heteroatoms. The van der Waals surface area contributed by atoms with Crippen LogP contribution in [-0.4, -0.2) is 96.5 Å². The van der Waals surface area contributed by atoms with E-state index < -0.39 is 16.4 Å². The number of carbonyl (C=O) groups excluding carboxylic acids is 1. The summed E-state index contributed by atoms with van der Waals surface area (Å²) in [4.78, 5) is 41.2. The lowest BCUT2D eigenvalue weighted by Gasteiger charge is -2.42. The summed E-state index contributed by atoms with van der Waals surface area (Å²) in [6.07, 6.45) is 5.67. The number of carbonyl (C=O) groups is 1. The Balaban J connectivity index is 1.17. The number of aromatic amines is 1. The maximum Gasteiger partial charge on any atom is 0.268 e. The molecule has 3 aromatic heterocycles. The molecule has 176 valence electrons. The van der Waals surface area contributed by atoms with E-state index in [1.807, 2.05) is 24.4 Å². The summed E-state index contributed by atoms with van der Waals surface area (Å²) in [7, 11) is 28.0. The lowest BCUT2D eigenvalue weighted by Crippen LogP contribution is -2.59. The van der Waals surface area contributed by atoms with Gasteiger partial charge in [0.1, 0.15) is 5.69 Å². The van der Waals surface area contributed by atoms with Crippen molar-refractivity contribution in [2.24, 2.45) is 0 Å². The van der Waals surface area contributed by atoms with Gasteiger partial charge in [-0.15, -0.1) is 5.11 Å². The maximum atomic E-state index is 12.4. The Bertz CT molecular complexity index is 1360. The summed E-state index contributed by atoms with van der Waals surface area (Å²) in [6.45, 7) is 4.00. The van der Waals surface area contributed by atoms with Gasteiger partial charge in [0.15, 0.2) is 0 Å². The molecule has 1 saturated carbocycles. The van der Waals surface area contributed by atoms with Gasteiger partial charge >= 0.3 is 0 Å². The number of amides is 1. The Labute approximate surface area is 222 Å². The van der Waals surface area contributed by atoms with Crippen LogP contribution in [-0.2, 0) is 6.54 Å². The van der Waals surface area contributed by atoms with Gasteiger partial charge in [-0.25, -0.2) is 4.98 Å². The quantitative estimate of drug-likeness (QED) is 0.455. The van der Waals surface area contributed by atoms with Crippen LogP contribution in [0, 0.1) is 0 Å². The van der Waals surface area contributed by atoms with Gasteiger partial charge in [0, 0.05) is 44.5 Å². The zero-order valence-corrected chi connectivity index (χ0v) is 20.5. The summed E-state index contributed by atoms with van der Waals surface area (Å²) in [5.41, 5.74) is 4.51. The minimum atomic E-state index is -2.02. The maximum absolute atomic E-state index is 12.4. The topological polar surface area (TPSA) is 94.2 Å². The van der Waals surface area contributed by atoms with Crippen LogP contribution in [0.5, 0.6) is 0 Å². The molecule has 2 N–H and O–H groups in total. The number of nitrogens with zero attached hydrogens (tertiary/aromatic N) is 4. The smallest absolute Gasteiger partial charge is 0.268 e. The molecule has 1 saturated heterocycles. The number of anilines is 1. The zero-order valence-electron chi connectivity index (χ0n) is 20.5. The average Bonchev–Trinajstić information content (AvgIpc) is 3.69. The van der Waals surface area contributed by atoms with Crippen LogP contribution in [0.25, 0.3) is 11.0 Å². The Morgan fingerprint density at radius 2 is 1.76 bits per heavy atom. The Morgan fingerprint density at radius 1 is 1.03 bits per heavy atom. The SMILES string of the molecule is [B]C([B])([B])C([B])([B])NC(=O)c1ccc(N2CCN(Cc3cnc4cc(C5CC5)c(=O)[nH]c4c3)CC2)cn1. The molecule has 0 atom stereocenters. The van der Waals surface area contributed by atoms with E-state index in [1.165, 1.54) is 0 Å². The molecule has 1 aliphatic carbocycles. The fourth-order valence-electron chi connectivity index (χ4n) is 4.42. The van der Waals surface area contributed by atoms with Crippen LogP contribution in [0.1, 0.15) is 40.4 Å². The molecular formula is C24H23B5N6O2. The van der Waals surface area contributed by atoms with E-state index in [9.17, 15) is 9.59 Å². The van der Waals surface area contributed by atoms with Gasteiger partial charge in [-0.2, -0.15) is 0 Å². The number of hydrogen-bond acceptors (Lipinski definition) is 6. The number of rotatable bonds is 7.